The van der Waals surface area contributed by atoms with Gasteiger partial charge in [0.1, 0.15) is 0 Å². The Labute approximate surface area is 66.4 Å². The molecule has 1 atom stereocenters. The molecule has 2 rings (SSSR count). The third-order valence-corrected chi connectivity index (χ3v) is 11.7. The summed E-state index contributed by atoms with van der Waals surface area (Å²) in [5, 5.41) is 5.60. The van der Waals surface area contributed by atoms with Gasteiger partial charge in [-0.3, -0.25) is 0 Å². The van der Waals surface area contributed by atoms with E-state index in [0.717, 1.165) is 0 Å². The van der Waals surface area contributed by atoms with Gasteiger partial charge in [-0.1, -0.05) is 0 Å². The molecule has 1 fully saturated rings. The molecular weight excluding hydrogens is 665 g/mol. The molecule has 1 saturated carbocycles. The molecule has 1 heterocycles. The maximum absolute atomic E-state index is 12.8. The van der Waals surface area contributed by atoms with Gasteiger partial charge in [0.25, 0.3) is 0 Å². The first-order valence-electron chi connectivity index (χ1n) is 4.55. The van der Waals surface area contributed by atoms with Crippen molar-refractivity contribution in [2.45, 2.75) is 38.4 Å². The Kier molecular flexibility index (Phi) is 1.34. The van der Waals surface area contributed by atoms with Crippen LogP contribution in [0, 0.1) is 5.92 Å². The second-order valence-electron chi connectivity index (χ2n) is 3.58. The summed E-state index contributed by atoms with van der Waals surface area (Å²) in [6.07, 6.45) is 5.81. The van der Waals surface area contributed by atoms with Crippen LogP contribution in [0.25, 0.3) is 0 Å². The van der Waals surface area contributed by atoms with Crippen LogP contribution in [0.4, 0.5) is 4.39 Å². The maximum atomic E-state index is 12.8. The van der Waals surface area contributed by atoms with Crippen LogP contribution in [0.3, 0.4) is 0 Å². The third-order valence-electron chi connectivity index (χ3n) is 2.66. The van der Waals surface area contributed by atoms with Gasteiger partial charge in [0.2, 0.25) is 0 Å². The van der Waals surface area contributed by atoms with Crippen molar-refractivity contribution in [3.05, 3.63) is 0 Å². The zero-order chi connectivity index (χ0) is 9.31. The predicted molar refractivity (Wildman–Crippen MR) is 37.6 cm³/mol. The van der Waals surface area contributed by atoms with Gasteiger partial charge in [-0.2, -0.15) is 0 Å². The van der Waals surface area contributed by atoms with Crippen molar-refractivity contribution >= 4 is 6.86 Å². The van der Waals surface area contributed by atoms with E-state index in [9.17, 15) is 4.39 Å². The Morgan fingerprint density at radius 2 is 2.08 bits per heavy atom. The molecule has 1 aliphatic heterocycles. The fourth-order valence-corrected chi connectivity index (χ4v) is 9.63. The van der Waals surface area contributed by atoms with Crippen molar-refractivity contribution in [1.82, 2.24) is 0 Å². The van der Waals surface area contributed by atoms with E-state index in [-0.39, 0.29) is 6.86 Å². The summed E-state index contributed by atoms with van der Waals surface area (Å²) < 4.78 is 17.2. The molecule has 2 aliphatic rings. The van der Waals surface area contributed by atoms with Gasteiger partial charge in [0.15, 0.2) is 0 Å². The topological polar surface area (TPSA) is 18.5 Å². The van der Waals surface area contributed by atoms with Crippen LogP contribution in [-0.4, -0.2) is 13.2 Å². The van der Waals surface area contributed by atoms with Crippen LogP contribution in [-0.2, 0) is 9.84 Å². The van der Waals surface area contributed by atoms with Crippen LogP contribution in [0.5, 0.6) is 0 Å². The van der Waals surface area contributed by atoms with Gasteiger partial charge >= 0.3 is 65.4 Å². The van der Waals surface area contributed by atoms with Crippen molar-refractivity contribution in [3.63, 3.8) is 0 Å². The molecule has 1 unspecified atom stereocenters. The molecule has 0 spiro atoms. The van der Waals surface area contributed by atoms with Crippen molar-refractivity contribution < 1.29 is 14.2 Å². The monoisotopic (exact) mass is 674 g/mol. The molecule has 1 aliphatic carbocycles. The van der Waals surface area contributed by atoms with Crippen LogP contribution in [0.15, 0.2) is 0 Å². The summed E-state index contributed by atoms with van der Waals surface area (Å²) in [4.78, 5) is 0. The SMILES string of the molecule is F[C]1=[Cf][O][C]([Rf])(C2CCCCC2)O1. The summed E-state index contributed by atoms with van der Waals surface area (Å²) in [7, 11) is 0. The first-order chi connectivity index (χ1) is 6.21. The fourth-order valence-electron chi connectivity index (χ4n) is 1.90. The second kappa shape index (κ2) is 2.35. The quantitative estimate of drug-likeness (QED) is 0.423. The molecule has 2 nitrogen and oxygen atoms in total. The number of hydrogen-bond donors (Lipinski definition) is 0. The van der Waals surface area contributed by atoms with Crippen LogP contribution < -0.4 is 0 Å². The molecule has 0 aromatic carbocycles. The molecule has 0 N–H and O–H groups in total. The molecule has 0 aromatic rings. The molecule has 74 valence electrons. The summed E-state index contributed by atoms with van der Waals surface area (Å²) in [6.45, 7) is -0.264. The normalized spacial score (nSPS) is 35.8. The molecule has 0 saturated heterocycles. The summed E-state index contributed by atoms with van der Waals surface area (Å²) in [6, 6.07) is 0. The zero-order valence-corrected chi connectivity index (χ0v) is 16.4. The van der Waals surface area contributed by atoms with Crippen molar-refractivity contribution in [2.75, 3.05) is 0 Å². The minimum atomic E-state index is -1.18. The predicted octanol–water partition coefficient (Wildman–Crippen LogP) is 1.87. The van der Waals surface area contributed by atoms with Crippen molar-refractivity contribution in [2.24, 2.45) is 5.92 Å². The molecule has 0 aromatic heterocycles. The van der Waals surface area contributed by atoms with Gasteiger partial charge in [0, 0.05) is 0 Å². The second-order valence-corrected chi connectivity index (χ2v) is 10.1. The van der Waals surface area contributed by atoms with Gasteiger partial charge < -0.3 is 0 Å². The van der Waals surface area contributed by atoms with E-state index < -0.39 is 6.29 Å². The number of halogens is 1. The Bertz CT molecular complexity index is 230. The van der Waals surface area contributed by atoms with Crippen LogP contribution >= 0.6 is 0 Å². The van der Waals surface area contributed by atoms with E-state index in [4.69, 9.17) is 9.84 Å². The number of hydrogen-bond acceptors (Lipinski definition) is 2. The average molecular weight is 676 g/mol. The van der Waals surface area contributed by atoms with E-state index >= 15 is 0 Å². The van der Waals surface area contributed by atoms with E-state index in [1.165, 1.54) is 32.1 Å². The first kappa shape index (κ1) is 7.37. The van der Waals surface area contributed by atoms with Crippen molar-refractivity contribution in [1.29, 1.82) is 0 Å². The Morgan fingerprint density at radius 3 is 2.62 bits per heavy atom. The third kappa shape index (κ3) is 1.12. The first-order valence-corrected chi connectivity index (χ1v) is 10.1. The molecule has 0 bridgehead atoms. The van der Waals surface area contributed by atoms with E-state index in [1.54, 1.807) is 0 Å². The Hall–Kier alpha value is -2.28. The summed E-state index contributed by atoms with van der Waals surface area (Å²) in [5.74, 6) is 0.500. The van der Waals surface area contributed by atoms with E-state index in [2.05, 4.69) is 0 Å². The molecule has 0 amide bonds. The molecular formula is C8H11CfFO2Rf. The van der Waals surface area contributed by atoms with Gasteiger partial charge in [0.05, 0.1) is 0 Å². The zero-order valence-electron chi connectivity index (χ0n) is 7.33. The van der Waals surface area contributed by atoms with Gasteiger partial charge in [-0.05, 0) is 0 Å². The van der Waals surface area contributed by atoms with Crippen molar-refractivity contribution in [3.8, 4) is 0 Å². The minimum absolute atomic E-state index is 0.236. The standard InChI is InChI=1S/C8H11FO2.Cf.Rf/c9-6-11-8(10)7-4-2-1-3-5-7;;/h7H,1-5H2;;/q-1;+1;. The summed E-state index contributed by atoms with van der Waals surface area (Å²) in [5.41, 5.74) is 0. The van der Waals surface area contributed by atoms with Crippen LogP contribution in [0.2, 0.25) is 0 Å². The molecule has 13 heavy (non-hydrogen) atoms. The van der Waals surface area contributed by atoms with E-state index in [1.807, 2.05) is 0 Å². The van der Waals surface area contributed by atoms with E-state index in [0.29, 0.717) is 5.92 Å². The van der Waals surface area contributed by atoms with Gasteiger partial charge in [-0.15, -0.1) is 0 Å². The Balaban J connectivity index is 1.99. The number of ether oxygens (including phenoxy) is 1. The molecule has 0 radical (unpaired) electrons. The molecule has 5 heteroatoms. The Morgan fingerprint density at radius 1 is 1.38 bits per heavy atom. The number of rotatable bonds is 1. The van der Waals surface area contributed by atoms with Crippen LogP contribution in [0.1, 0.15) is 32.1 Å². The average Bonchev–Trinajstić information content (AvgIpc) is 2.49. The van der Waals surface area contributed by atoms with Gasteiger partial charge in [-0.25, -0.2) is 0 Å². The summed E-state index contributed by atoms with van der Waals surface area (Å²) >= 11 is 0. The fraction of sp³-hybridized carbons (Fsp3) is 0.875.